The molecule has 0 unspecified atom stereocenters. The molecule has 2 N–H and O–H groups in total. The van der Waals surface area contributed by atoms with Crippen LogP contribution in [0.3, 0.4) is 0 Å². The predicted octanol–water partition coefficient (Wildman–Crippen LogP) is 4.90. The number of cyclic esters (lactones) is 1. The molecule has 0 radical (unpaired) electrons. The summed E-state index contributed by atoms with van der Waals surface area (Å²) in [5.41, 5.74) is -0.400. The molecule has 8 nitrogen and oxygen atoms in total. The second-order valence-electron chi connectivity index (χ2n) is 14.2. The summed E-state index contributed by atoms with van der Waals surface area (Å²) in [5, 5.41) is 19.0. The first-order valence-electron chi connectivity index (χ1n) is 14.5. The molecule has 2 heterocycles. The van der Waals surface area contributed by atoms with Crippen molar-refractivity contribution >= 4 is 35.5 Å². The Kier molecular flexibility index (Phi) is 11.8. The van der Waals surface area contributed by atoms with Gasteiger partial charge in [-0.3, -0.25) is 9.59 Å². The first-order chi connectivity index (χ1) is 17.7. The van der Waals surface area contributed by atoms with Crippen molar-refractivity contribution in [2.45, 2.75) is 137 Å². The Balaban J connectivity index is 2.47. The molecule has 224 valence electrons. The van der Waals surface area contributed by atoms with E-state index in [1.165, 1.54) is 5.98 Å². The maximum Gasteiger partial charge on any atom is 0.480 e. The van der Waals surface area contributed by atoms with E-state index >= 15 is 0 Å². The maximum atomic E-state index is 14.2. The summed E-state index contributed by atoms with van der Waals surface area (Å²) in [6.45, 7) is 22.2. The number of ether oxygens (including phenoxy) is 2. The van der Waals surface area contributed by atoms with Gasteiger partial charge in [0.1, 0.15) is 11.9 Å². The number of ketones is 1. The molecule has 11 heteroatoms. The largest absolute Gasteiger partial charge is 0.480 e. The second-order valence-corrected chi connectivity index (χ2v) is 23.1. The average Bonchev–Trinajstić information content (AvgIpc) is 3.50. The van der Waals surface area contributed by atoms with E-state index in [4.69, 9.17) is 18.3 Å². The zero-order valence-corrected chi connectivity index (χ0v) is 28.1. The van der Waals surface area contributed by atoms with Crippen LogP contribution in [0.2, 0.25) is 39.3 Å². The van der Waals surface area contributed by atoms with Gasteiger partial charge in [0.25, 0.3) is 0 Å². The van der Waals surface area contributed by atoms with Gasteiger partial charge in [0.15, 0.2) is 16.6 Å². The maximum absolute atomic E-state index is 14.2. The van der Waals surface area contributed by atoms with Crippen LogP contribution in [0.5, 0.6) is 0 Å². The summed E-state index contributed by atoms with van der Waals surface area (Å²) in [4.78, 5) is 27.6. The van der Waals surface area contributed by atoms with Crippen molar-refractivity contribution in [2.75, 3.05) is 0 Å². The van der Waals surface area contributed by atoms with Crippen molar-refractivity contribution in [1.82, 2.24) is 0 Å². The standard InChI is InChI=1S/C28H53BO8Si2/c1-18-13-12-14-21-23(34-21)15-22(19(2)17-29(32)33)35-25(30)16-24(36-38(6,7)8)28(4,5)27(31)20(3)26(18)37-39(9,10)11/h17-18,20-24,26,32-33H,12-16H2,1-11H3/b19-17+/t18-,20-,21-,22+,23+,24-,26-/m0/s1. The summed E-state index contributed by atoms with van der Waals surface area (Å²) in [6, 6.07) is 0. The Hall–Kier alpha value is -0.821. The first-order valence-corrected chi connectivity index (χ1v) is 21.3. The van der Waals surface area contributed by atoms with E-state index in [0.29, 0.717) is 12.0 Å². The molecule has 0 bridgehead atoms. The number of carbonyl (C=O) groups excluding carboxylic acids is 2. The molecule has 0 saturated carbocycles. The minimum atomic E-state index is -2.15. The van der Waals surface area contributed by atoms with Gasteiger partial charge in [-0.05, 0) is 70.5 Å². The van der Waals surface area contributed by atoms with E-state index in [1.54, 1.807) is 6.92 Å². The highest BCUT2D eigenvalue weighted by Gasteiger charge is 2.47. The Labute approximate surface area is 238 Å². The van der Waals surface area contributed by atoms with E-state index in [1.807, 2.05) is 40.4 Å². The molecule has 0 aliphatic carbocycles. The summed E-state index contributed by atoms with van der Waals surface area (Å²) < 4.78 is 25.0. The fourth-order valence-electron chi connectivity index (χ4n) is 5.57. The third kappa shape index (κ3) is 10.8. The number of fused-ring (bicyclic) bond motifs is 1. The van der Waals surface area contributed by atoms with Crippen LogP contribution >= 0.6 is 0 Å². The molecule has 0 amide bonds. The third-order valence-corrected chi connectivity index (χ3v) is 9.69. The lowest BCUT2D eigenvalue weighted by atomic mass is 9.73. The number of rotatable bonds is 6. The smallest absolute Gasteiger partial charge is 0.458 e. The molecule has 7 atom stereocenters. The summed E-state index contributed by atoms with van der Waals surface area (Å²) in [7, 11) is -5.74. The molecular formula is C28H53BO8Si2. The van der Waals surface area contributed by atoms with Crippen molar-refractivity contribution in [2.24, 2.45) is 17.3 Å². The number of carbonyl (C=O) groups is 2. The Morgan fingerprint density at radius 1 is 1.00 bits per heavy atom. The number of esters is 1. The van der Waals surface area contributed by atoms with Crippen LogP contribution < -0.4 is 0 Å². The van der Waals surface area contributed by atoms with Crippen molar-refractivity contribution in [3.63, 3.8) is 0 Å². The van der Waals surface area contributed by atoms with Crippen LogP contribution in [0.1, 0.15) is 66.7 Å². The molecular weight excluding hydrogens is 531 g/mol. The number of epoxide rings is 1. The fraction of sp³-hybridized carbons (Fsp3) is 0.857. The second kappa shape index (κ2) is 13.4. The molecule has 2 rings (SSSR count). The van der Waals surface area contributed by atoms with Gasteiger partial charge < -0.3 is 28.4 Å². The summed E-state index contributed by atoms with van der Waals surface area (Å²) in [5.74, 6) is 0.639. The van der Waals surface area contributed by atoms with E-state index in [0.717, 1.165) is 19.3 Å². The van der Waals surface area contributed by atoms with Crippen molar-refractivity contribution < 1.29 is 38.0 Å². The van der Waals surface area contributed by atoms with Gasteiger partial charge in [0.05, 0.1) is 30.8 Å². The van der Waals surface area contributed by atoms with Gasteiger partial charge in [-0.25, -0.2) is 0 Å². The molecule has 0 aromatic heterocycles. The lowest BCUT2D eigenvalue weighted by Gasteiger charge is -2.41. The van der Waals surface area contributed by atoms with Gasteiger partial charge in [0.2, 0.25) is 0 Å². The van der Waals surface area contributed by atoms with E-state index in [9.17, 15) is 19.6 Å². The van der Waals surface area contributed by atoms with Crippen LogP contribution in [0.4, 0.5) is 0 Å². The van der Waals surface area contributed by atoms with Crippen molar-refractivity contribution in [1.29, 1.82) is 0 Å². The van der Waals surface area contributed by atoms with Crippen LogP contribution in [-0.2, 0) is 27.9 Å². The molecule has 39 heavy (non-hydrogen) atoms. The monoisotopic (exact) mass is 584 g/mol. The molecule has 2 aliphatic heterocycles. The molecule has 2 saturated heterocycles. The topological polar surface area (TPSA) is 115 Å². The van der Waals surface area contributed by atoms with Crippen molar-refractivity contribution in [3.8, 4) is 0 Å². The van der Waals surface area contributed by atoms with Crippen LogP contribution in [0.15, 0.2) is 11.5 Å². The fourth-order valence-corrected chi connectivity index (χ4v) is 8.05. The van der Waals surface area contributed by atoms with Crippen LogP contribution in [0, 0.1) is 17.3 Å². The zero-order valence-electron chi connectivity index (χ0n) is 26.1. The molecule has 0 spiro atoms. The Bertz CT molecular complexity index is 880. The third-order valence-electron chi connectivity index (χ3n) is 7.72. The van der Waals surface area contributed by atoms with Gasteiger partial charge in [-0.2, -0.15) is 0 Å². The predicted molar refractivity (Wildman–Crippen MR) is 159 cm³/mol. The minimum absolute atomic E-state index is 0.0300. The normalized spacial score (nSPS) is 33.8. The summed E-state index contributed by atoms with van der Waals surface area (Å²) >= 11 is 0. The van der Waals surface area contributed by atoms with Crippen molar-refractivity contribution in [3.05, 3.63) is 11.5 Å². The quantitative estimate of drug-likeness (QED) is 0.258. The van der Waals surface area contributed by atoms with Gasteiger partial charge >= 0.3 is 13.1 Å². The zero-order chi connectivity index (χ0) is 29.9. The van der Waals surface area contributed by atoms with Gasteiger partial charge in [-0.1, -0.05) is 40.1 Å². The molecule has 0 aromatic carbocycles. The van der Waals surface area contributed by atoms with E-state index in [-0.39, 0.29) is 42.4 Å². The van der Waals surface area contributed by atoms with E-state index < -0.39 is 47.3 Å². The first kappa shape index (κ1) is 34.4. The lowest BCUT2D eigenvalue weighted by molar-refractivity contribution is -0.153. The highest BCUT2D eigenvalue weighted by molar-refractivity contribution is 6.70. The SMILES string of the molecule is C/C(=C\B(O)O)[C@H]1C[C@H]2O[C@H]2CCC[C@H](C)[C@H](O[Si](C)(C)C)[C@H](C)C(=O)C(C)(C)[C@@H](O[Si](C)(C)C)CC(=O)O1. The van der Waals surface area contributed by atoms with Crippen LogP contribution in [-0.4, -0.2) is 76.1 Å². The highest BCUT2D eigenvalue weighted by atomic mass is 28.4. The van der Waals surface area contributed by atoms with Gasteiger partial charge in [-0.15, -0.1) is 0 Å². The molecule has 0 aromatic rings. The number of Topliss-reactive ketones (excluding diaryl/α,β-unsaturated/α-hetero) is 1. The summed E-state index contributed by atoms with van der Waals surface area (Å²) in [6.07, 6.45) is 1.60. The number of hydrogen-bond acceptors (Lipinski definition) is 8. The average molecular weight is 585 g/mol. The lowest BCUT2D eigenvalue weighted by Crippen LogP contribution is -2.51. The van der Waals surface area contributed by atoms with E-state index in [2.05, 4.69) is 26.6 Å². The highest BCUT2D eigenvalue weighted by Crippen LogP contribution is 2.39. The minimum Gasteiger partial charge on any atom is -0.458 e. The molecule has 2 fully saturated rings. The molecule has 2 aliphatic rings. The Morgan fingerprint density at radius 3 is 2.13 bits per heavy atom. The number of hydrogen-bond donors (Lipinski definition) is 2. The van der Waals surface area contributed by atoms with Crippen LogP contribution in [0.25, 0.3) is 0 Å². The van der Waals surface area contributed by atoms with Gasteiger partial charge in [0, 0.05) is 17.8 Å². The Morgan fingerprint density at radius 2 is 1.59 bits per heavy atom.